The summed E-state index contributed by atoms with van der Waals surface area (Å²) in [4.78, 5) is 24.6. The van der Waals surface area contributed by atoms with E-state index in [9.17, 15) is 19.8 Å². The molecule has 0 heterocycles. The molecule has 3 N–H and O–H groups in total. The molecule has 1 amide bonds. The van der Waals surface area contributed by atoms with Crippen molar-refractivity contribution in [1.29, 1.82) is 0 Å². The molecule has 2 atom stereocenters. The Hall–Kier alpha value is -1.92. The number of carbonyl (C=O) groups is 2. The molecule has 0 aromatic carbocycles. The van der Waals surface area contributed by atoms with Gasteiger partial charge in [0, 0.05) is 12.8 Å². The molecule has 81 heavy (non-hydrogen) atoms. The molecule has 0 saturated heterocycles. The van der Waals surface area contributed by atoms with Crippen LogP contribution in [0.4, 0.5) is 0 Å². The normalized spacial score (nSPS) is 12.7. The molecule has 0 bridgehead atoms. The molecule has 0 aromatic rings. The number of hydrogen-bond acceptors (Lipinski definition) is 5. The van der Waals surface area contributed by atoms with E-state index >= 15 is 0 Å². The van der Waals surface area contributed by atoms with Crippen LogP contribution in [0.5, 0.6) is 0 Å². The number of amides is 1. The van der Waals surface area contributed by atoms with Crippen LogP contribution in [-0.2, 0) is 14.3 Å². The largest absolute Gasteiger partial charge is 0.466 e. The van der Waals surface area contributed by atoms with Crippen LogP contribution in [0.25, 0.3) is 0 Å². The number of aliphatic hydroxyl groups is 2. The molecular formula is C75H143NO5. The summed E-state index contributed by atoms with van der Waals surface area (Å²) in [6, 6.07) is -0.538. The third-order valence-corrected chi connectivity index (χ3v) is 17.2. The number of nitrogens with one attached hydrogen (secondary N) is 1. The van der Waals surface area contributed by atoms with Gasteiger partial charge in [0.2, 0.25) is 5.91 Å². The monoisotopic (exact) mass is 1140 g/mol. The minimum Gasteiger partial charge on any atom is -0.466 e. The molecule has 0 aliphatic rings. The van der Waals surface area contributed by atoms with Gasteiger partial charge in [-0.15, -0.1) is 0 Å². The van der Waals surface area contributed by atoms with Gasteiger partial charge < -0.3 is 20.3 Å². The Morgan fingerprint density at radius 3 is 0.963 bits per heavy atom. The average molecular weight is 1140 g/mol. The van der Waals surface area contributed by atoms with Crippen LogP contribution < -0.4 is 5.32 Å². The van der Waals surface area contributed by atoms with E-state index in [0.717, 1.165) is 51.4 Å². The van der Waals surface area contributed by atoms with Crippen molar-refractivity contribution in [1.82, 2.24) is 5.32 Å². The van der Waals surface area contributed by atoms with Crippen LogP contribution in [0.3, 0.4) is 0 Å². The van der Waals surface area contributed by atoms with Gasteiger partial charge in [-0.25, -0.2) is 0 Å². The van der Waals surface area contributed by atoms with E-state index < -0.39 is 12.1 Å². The summed E-state index contributed by atoms with van der Waals surface area (Å²) in [7, 11) is 0. The molecule has 0 radical (unpaired) electrons. The zero-order valence-electron chi connectivity index (χ0n) is 54.8. The number of unbranched alkanes of at least 4 members (excludes halogenated alkanes) is 52. The molecule has 6 nitrogen and oxygen atoms in total. The SMILES string of the molecule is CCCCCC/C=C\C/C=C\CCCCCCCC(=O)OCCCCCCCCCCCCCCCC/C=C\CCCCCCCCCCCCCCCCCCCC(=O)NC(CO)C(O)CCCCCCCCCCCCCCC. The third kappa shape index (κ3) is 67.1. The van der Waals surface area contributed by atoms with Crippen LogP contribution in [0, 0.1) is 0 Å². The van der Waals surface area contributed by atoms with E-state index in [1.807, 2.05) is 0 Å². The Labute approximate surface area is 506 Å². The van der Waals surface area contributed by atoms with E-state index in [0.29, 0.717) is 25.9 Å². The summed E-state index contributed by atoms with van der Waals surface area (Å²) in [5.74, 6) is -0.0224. The van der Waals surface area contributed by atoms with Gasteiger partial charge in [0.15, 0.2) is 0 Å². The molecule has 0 aromatic heterocycles. The lowest BCUT2D eigenvalue weighted by atomic mass is 10.0. The van der Waals surface area contributed by atoms with Gasteiger partial charge in [0.1, 0.15) is 0 Å². The minimum atomic E-state index is -0.661. The summed E-state index contributed by atoms with van der Waals surface area (Å²) in [5.41, 5.74) is 0. The molecule has 0 aliphatic carbocycles. The second kappa shape index (κ2) is 70.6. The lowest BCUT2D eigenvalue weighted by Gasteiger charge is -2.22. The Kier molecular flexibility index (Phi) is 68.9. The molecule has 6 heteroatoms. The highest BCUT2D eigenvalue weighted by atomic mass is 16.5. The molecule has 0 aliphatic heterocycles. The maximum atomic E-state index is 12.5. The quantitative estimate of drug-likeness (QED) is 0.0320. The van der Waals surface area contributed by atoms with E-state index in [1.54, 1.807) is 0 Å². The molecular weight excluding hydrogens is 995 g/mol. The van der Waals surface area contributed by atoms with Gasteiger partial charge in [-0.2, -0.15) is 0 Å². The maximum absolute atomic E-state index is 12.5. The van der Waals surface area contributed by atoms with Gasteiger partial charge in [0.05, 0.1) is 25.4 Å². The number of ether oxygens (including phenoxy) is 1. The molecule has 0 rings (SSSR count). The fourth-order valence-corrected chi connectivity index (χ4v) is 11.6. The van der Waals surface area contributed by atoms with Gasteiger partial charge >= 0.3 is 5.97 Å². The average Bonchev–Trinajstić information content (AvgIpc) is 3.47. The molecule has 0 fully saturated rings. The lowest BCUT2D eigenvalue weighted by molar-refractivity contribution is -0.143. The number of carbonyl (C=O) groups excluding carboxylic acids is 2. The summed E-state index contributed by atoms with van der Waals surface area (Å²) >= 11 is 0. The highest BCUT2D eigenvalue weighted by molar-refractivity contribution is 5.76. The van der Waals surface area contributed by atoms with Crippen molar-refractivity contribution in [3.05, 3.63) is 36.5 Å². The van der Waals surface area contributed by atoms with Crippen molar-refractivity contribution in [2.24, 2.45) is 0 Å². The van der Waals surface area contributed by atoms with Crippen LogP contribution in [0.1, 0.15) is 406 Å². The van der Waals surface area contributed by atoms with E-state index in [2.05, 4.69) is 55.6 Å². The minimum absolute atomic E-state index is 0.00707. The fraction of sp³-hybridized carbons (Fsp3) is 0.893. The van der Waals surface area contributed by atoms with Crippen LogP contribution in [0.2, 0.25) is 0 Å². The van der Waals surface area contributed by atoms with Crippen molar-refractivity contribution in [3.63, 3.8) is 0 Å². The molecule has 0 spiro atoms. The number of rotatable bonds is 69. The van der Waals surface area contributed by atoms with E-state index in [4.69, 9.17) is 4.74 Å². The fourth-order valence-electron chi connectivity index (χ4n) is 11.6. The van der Waals surface area contributed by atoms with Crippen molar-refractivity contribution in [2.45, 2.75) is 418 Å². The van der Waals surface area contributed by atoms with Crippen LogP contribution >= 0.6 is 0 Å². The Bertz CT molecular complexity index is 1310. The predicted molar refractivity (Wildman–Crippen MR) is 356 cm³/mol. The summed E-state index contributed by atoms with van der Waals surface area (Å²) < 4.78 is 5.49. The Morgan fingerprint density at radius 1 is 0.346 bits per heavy atom. The molecule has 0 saturated carbocycles. The zero-order valence-corrected chi connectivity index (χ0v) is 54.8. The summed E-state index contributed by atoms with van der Waals surface area (Å²) in [5, 5.41) is 23.3. The highest BCUT2D eigenvalue weighted by Gasteiger charge is 2.20. The lowest BCUT2D eigenvalue weighted by Crippen LogP contribution is -2.45. The summed E-state index contributed by atoms with van der Waals surface area (Å²) in [6.45, 7) is 4.96. The molecule has 2 unspecified atom stereocenters. The smallest absolute Gasteiger partial charge is 0.305 e. The van der Waals surface area contributed by atoms with E-state index in [-0.39, 0.29) is 18.5 Å². The zero-order chi connectivity index (χ0) is 58.5. The van der Waals surface area contributed by atoms with Gasteiger partial charge in [-0.3, -0.25) is 9.59 Å². The van der Waals surface area contributed by atoms with Gasteiger partial charge in [0.25, 0.3) is 0 Å². The number of hydrogen-bond donors (Lipinski definition) is 3. The number of aliphatic hydroxyl groups excluding tert-OH is 2. The topological polar surface area (TPSA) is 95.9 Å². The first kappa shape index (κ1) is 79.1. The first-order chi connectivity index (χ1) is 40.0. The van der Waals surface area contributed by atoms with Crippen LogP contribution in [-0.4, -0.2) is 47.4 Å². The van der Waals surface area contributed by atoms with Crippen LogP contribution in [0.15, 0.2) is 36.5 Å². The van der Waals surface area contributed by atoms with Crippen molar-refractivity contribution in [3.8, 4) is 0 Å². The number of allylic oxidation sites excluding steroid dienone is 6. The van der Waals surface area contributed by atoms with Crippen molar-refractivity contribution >= 4 is 11.9 Å². The summed E-state index contributed by atoms with van der Waals surface area (Å²) in [6.07, 6.45) is 90.7. The van der Waals surface area contributed by atoms with Gasteiger partial charge in [-0.1, -0.05) is 346 Å². The first-order valence-electron chi connectivity index (χ1n) is 36.7. The molecule has 478 valence electrons. The van der Waals surface area contributed by atoms with Gasteiger partial charge in [-0.05, 0) is 83.5 Å². The second-order valence-corrected chi connectivity index (χ2v) is 25.3. The highest BCUT2D eigenvalue weighted by Crippen LogP contribution is 2.19. The number of esters is 1. The first-order valence-corrected chi connectivity index (χ1v) is 36.7. The second-order valence-electron chi connectivity index (χ2n) is 25.3. The maximum Gasteiger partial charge on any atom is 0.305 e. The van der Waals surface area contributed by atoms with Crippen molar-refractivity contribution < 1.29 is 24.5 Å². The third-order valence-electron chi connectivity index (χ3n) is 17.2. The van der Waals surface area contributed by atoms with Crippen molar-refractivity contribution in [2.75, 3.05) is 13.2 Å². The predicted octanol–water partition coefficient (Wildman–Crippen LogP) is 23.9. The standard InChI is InChI=1S/C75H143NO5/c1-3-5-7-9-11-13-15-17-18-41-45-49-53-57-61-65-69-75(80)81-70-66-62-58-54-50-46-42-39-37-35-33-31-29-27-25-23-21-19-20-22-24-26-28-30-32-34-36-38-40-44-48-52-56-60-64-68-74(79)76-72(71-77)73(78)67-63-59-55-51-47-43-16-14-12-10-8-6-4-2/h13,15,18,21,23,41,72-73,77-78H,3-12,14,16-17,19-20,22,24-40,42-71H2,1-2H3,(H,76,79)/b15-13-,23-21-,41-18-. The Balaban J connectivity index is 3.33. The Morgan fingerprint density at radius 2 is 0.617 bits per heavy atom. The van der Waals surface area contributed by atoms with E-state index in [1.165, 1.54) is 321 Å².